The summed E-state index contributed by atoms with van der Waals surface area (Å²) in [5.74, 6) is -0.491. The standard InChI is InChI=1S/C19H23N3O2/c1-4-14(3)22-18(23)16-8-9-20-17(11-16)19(24)21-12-15-7-5-6-13(2)10-15/h5-11,14H,4,12H2,1-3H3,(H,21,24)(H,22,23). The smallest absolute Gasteiger partial charge is 0.270 e. The van der Waals surface area contributed by atoms with Crippen LogP contribution in [0.1, 0.15) is 52.2 Å². The maximum absolute atomic E-state index is 12.3. The number of hydrogen-bond acceptors (Lipinski definition) is 3. The first-order chi connectivity index (χ1) is 11.5. The molecule has 2 amide bonds. The number of aromatic nitrogens is 1. The first kappa shape index (κ1) is 17.7. The number of carbonyl (C=O) groups excluding carboxylic acids is 2. The molecule has 1 heterocycles. The van der Waals surface area contributed by atoms with Crippen LogP contribution in [0.4, 0.5) is 0 Å². The van der Waals surface area contributed by atoms with Crippen LogP contribution < -0.4 is 10.6 Å². The summed E-state index contributed by atoms with van der Waals surface area (Å²) in [6, 6.07) is 11.1. The Labute approximate surface area is 142 Å². The van der Waals surface area contributed by atoms with E-state index in [0.29, 0.717) is 12.1 Å². The highest BCUT2D eigenvalue weighted by atomic mass is 16.2. The van der Waals surface area contributed by atoms with Gasteiger partial charge in [-0.25, -0.2) is 0 Å². The van der Waals surface area contributed by atoms with E-state index in [4.69, 9.17) is 0 Å². The topological polar surface area (TPSA) is 71.1 Å². The van der Waals surface area contributed by atoms with Crippen LogP contribution in [0.5, 0.6) is 0 Å². The Morgan fingerprint density at radius 3 is 2.67 bits per heavy atom. The number of benzene rings is 1. The number of nitrogens with one attached hydrogen (secondary N) is 2. The van der Waals surface area contributed by atoms with Gasteiger partial charge in [-0.15, -0.1) is 0 Å². The Kier molecular flexibility index (Phi) is 6.07. The zero-order chi connectivity index (χ0) is 17.5. The number of rotatable bonds is 6. The molecule has 5 heteroatoms. The third-order valence-electron chi connectivity index (χ3n) is 3.78. The molecule has 2 aromatic rings. The Bertz CT molecular complexity index is 728. The largest absolute Gasteiger partial charge is 0.350 e. The molecule has 2 rings (SSSR count). The molecule has 0 aliphatic carbocycles. The summed E-state index contributed by atoms with van der Waals surface area (Å²) in [5.41, 5.74) is 2.84. The van der Waals surface area contributed by atoms with Gasteiger partial charge >= 0.3 is 0 Å². The van der Waals surface area contributed by atoms with Gasteiger partial charge in [0.1, 0.15) is 5.69 Å². The highest BCUT2D eigenvalue weighted by molar-refractivity contribution is 5.98. The highest BCUT2D eigenvalue weighted by Gasteiger charge is 2.13. The molecule has 1 atom stereocenters. The molecule has 2 N–H and O–H groups in total. The Morgan fingerprint density at radius 2 is 1.96 bits per heavy atom. The third-order valence-corrected chi connectivity index (χ3v) is 3.78. The van der Waals surface area contributed by atoms with Crippen molar-refractivity contribution in [2.24, 2.45) is 0 Å². The molecule has 0 radical (unpaired) electrons. The van der Waals surface area contributed by atoms with Crippen LogP contribution in [0.3, 0.4) is 0 Å². The van der Waals surface area contributed by atoms with Crippen molar-refractivity contribution in [3.63, 3.8) is 0 Å². The fourth-order valence-corrected chi connectivity index (χ4v) is 2.20. The quantitative estimate of drug-likeness (QED) is 0.858. The molecule has 0 fully saturated rings. The van der Waals surface area contributed by atoms with Gasteiger partial charge in [0, 0.05) is 24.3 Å². The summed E-state index contributed by atoms with van der Waals surface area (Å²) in [7, 11) is 0. The maximum atomic E-state index is 12.3. The van der Waals surface area contributed by atoms with E-state index in [1.807, 2.05) is 45.0 Å². The van der Waals surface area contributed by atoms with Crippen molar-refractivity contribution in [2.45, 2.75) is 39.8 Å². The van der Waals surface area contributed by atoms with Crippen LogP contribution in [0.25, 0.3) is 0 Å². The number of nitrogens with zero attached hydrogens (tertiary/aromatic N) is 1. The molecule has 126 valence electrons. The Morgan fingerprint density at radius 1 is 1.17 bits per heavy atom. The van der Waals surface area contributed by atoms with E-state index in [0.717, 1.165) is 17.5 Å². The summed E-state index contributed by atoms with van der Waals surface area (Å²) >= 11 is 0. The van der Waals surface area contributed by atoms with E-state index in [9.17, 15) is 9.59 Å². The molecule has 1 aromatic heterocycles. The Balaban J connectivity index is 2.02. The molecule has 0 bridgehead atoms. The van der Waals surface area contributed by atoms with Gasteiger partial charge in [0.15, 0.2) is 0 Å². The molecular formula is C19H23N3O2. The van der Waals surface area contributed by atoms with Crippen molar-refractivity contribution in [3.05, 3.63) is 65.0 Å². The number of pyridine rings is 1. The van der Waals surface area contributed by atoms with Crippen LogP contribution in [0.15, 0.2) is 42.6 Å². The second-order valence-corrected chi connectivity index (χ2v) is 5.88. The van der Waals surface area contributed by atoms with Gasteiger partial charge in [0.05, 0.1) is 0 Å². The number of carbonyl (C=O) groups is 2. The van der Waals surface area contributed by atoms with Gasteiger partial charge in [-0.1, -0.05) is 36.8 Å². The predicted molar refractivity (Wildman–Crippen MR) is 93.8 cm³/mol. The average molecular weight is 325 g/mol. The van der Waals surface area contributed by atoms with E-state index in [-0.39, 0.29) is 23.6 Å². The molecular weight excluding hydrogens is 302 g/mol. The van der Waals surface area contributed by atoms with E-state index >= 15 is 0 Å². The van der Waals surface area contributed by atoms with Crippen LogP contribution >= 0.6 is 0 Å². The number of hydrogen-bond donors (Lipinski definition) is 2. The summed E-state index contributed by atoms with van der Waals surface area (Å²) in [6.45, 7) is 6.37. The number of aryl methyl sites for hydroxylation is 1. The van der Waals surface area contributed by atoms with Crippen molar-refractivity contribution < 1.29 is 9.59 Å². The van der Waals surface area contributed by atoms with Crippen molar-refractivity contribution in [1.82, 2.24) is 15.6 Å². The van der Waals surface area contributed by atoms with Crippen LogP contribution in [0, 0.1) is 6.92 Å². The lowest BCUT2D eigenvalue weighted by Crippen LogP contribution is -2.32. The highest BCUT2D eigenvalue weighted by Crippen LogP contribution is 2.06. The zero-order valence-corrected chi connectivity index (χ0v) is 14.3. The molecule has 24 heavy (non-hydrogen) atoms. The number of amides is 2. The van der Waals surface area contributed by atoms with Gasteiger partial charge < -0.3 is 10.6 Å². The first-order valence-corrected chi connectivity index (χ1v) is 8.10. The van der Waals surface area contributed by atoms with Gasteiger partial charge in [-0.2, -0.15) is 0 Å². The lowest BCUT2D eigenvalue weighted by molar-refractivity contribution is 0.0939. The second kappa shape index (κ2) is 8.24. The van der Waals surface area contributed by atoms with E-state index in [1.54, 1.807) is 6.07 Å². The van der Waals surface area contributed by atoms with Crippen molar-refractivity contribution in [1.29, 1.82) is 0 Å². The van der Waals surface area contributed by atoms with Gasteiger partial charge in [0.2, 0.25) is 0 Å². The fraction of sp³-hybridized carbons (Fsp3) is 0.316. The summed E-state index contributed by atoms with van der Waals surface area (Å²) < 4.78 is 0. The summed E-state index contributed by atoms with van der Waals surface area (Å²) in [5, 5.41) is 5.71. The van der Waals surface area contributed by atoms with Crippen molar-refractivity contribution in [3.8, 4) is 0 Å². The van der Waals surface area contributed by atoms with Gasteiger partial charge in [-0.05, 0) is 38.0 Å². The van der Waals surface area contributed by atoms with Gasteiger partial charge in [-0.3, -0.25) is 14.6 Å². The zero-order valence-electron chi connectivity index (χ0n) is 14.3. The summed E-state index contributed by atoms with van der Waals surface area (Å²) in [6.07, 6.45) is 2.33. The normalized spacial score (nSPS) is 11.6. The lowest BCUT2D eigenvalue weighted by atomic mass is 10.1. The van der Waals surface area contributed by atoms with Crippen LogP contribution in [-0.2, 0) is 6.54 Å². The molecule has 0 saturated heterocycles. The Hall–Kier alpha value is -2.69. The molecule has 0 aliphatic heterocycles. The third kappa shape index (κ3) is 4.91. The lowest BCUT2D eigenvalue weighted by Gasteiger charge is -2.11. The van der Waals surface area contributed by atoms with E-state index in [1.165, 1.54) is 12.3 Å². The van der Waals surface area contributed by atoms with Crippen molar-refractivity contribution in [2.75, 3.05) is 0 Å². The molecule has 5 nitrogen and oxygen atoms in total. The van der Waals surface area contributed by atoms with E-state index in [2.05, 4.69) is 15.6 Å². The fourth-order valence-electron chi connectivity index (χ4n) is 2.20. The second-order valence-electron chi connectivity index (χ2n) is 5.88. The minimum atomic E-state index is -0.297. The van der Waals surface area contributed by atoms with Crippen LogP contribution in [-0.4, -0.2) is 22.8 Å². The maximum Gasteiger partial charge on any atom is 0.270 e. The van der Waals surface area contributed by atoms with E-state index < -0.39 is 0 Å². The molecule has 1 aromatic carbocycles. The average Bonchev–Trinajstić information content (AvgIpc) is 2.59. The molecule has 0 spiro atoms. The predicted octanol–water partition coefficient (Wildman–Crippen LogP) is 2.85. The summed E-state index contributed by atoms with van der Waals surface area (Å²) in [4.78, 5) is 28.4. The SMILES string of the molecule is CCC(C)NC(=O)c1ccnc(C(=O)NCc2cccc(C)c2)c1. The van der Waals surface area contributed by atoms with Crippen molar-refractivity contribution >= 4 is 11.8 Å². The minimum absolute atomic E-state index is 0.0873. The minimum Gasteiger partial charge on any atom is -0.350 e. The first-order valence-electron chi connectivity index (χ1n) is 8.10. The molecule has 0 saturated carbocycles. The van der Waals surface area contributed by atoms with Gasteiger partial charge in [0.25, 0.3) is 11.8 Å². The monoisotopic (exact) mass is 325 g/mol. The molecule has 1 unspecified atom stereocenters. The van der Waals surface area contributed by atoms with Crippen LogP contribution in [0.2, 0.25) is 0 Å². The molecule has 0 aliphatic rings.